The van der Waals surface area contributed by atoms with Crippen LogP contribution in [0.1, 0.15) is 38.3 Å². The fraction of sp³-hybridized carbons (Fsp3) is 0.611. The number of benzene rings is 1. The molecular formula is C18H28N2O4S. The summed E-state index contributed by atoms with van der Waals surface area (Å²) in [5.41, 5.74) is 1.00. The topological polar surface area (TPSA) is 66.9 Å². The van der Waals surface area contributed by atoms with Crippen molar-refractivity contribution in [1.29, 1.82) is 0 Å². The van der Waals surface area contributed by atoms with Gasteiger partial charge in [-0.25, -0.2) is 12.7 Å². The molecule has 0 radical (unpaired) electrons. The number of rotatable bonds is 6. The van der Waals surface area contributed by atoms with Crippen LogP contribution in [0.2, 0.25) is 0 Å². The Balaban J connectivity index is 2.17. The van der Waals surface area contributed by atoms with E-state index in [0.29, 0.717) is 19.5 Å². The first-order chi connectivity index (χ1) is 11.8. The van der Waals surface area contributed by atoms with Crippen molar-refractivity contribution in [2.45, 2.75) is 32.7 Å². The highest BCUT2D eigenvalue weighted by atomic mass is 32.2. The lowest BCUT2D eigenvalue weighted by atomic mass is 9.96. The number of carbonyl (C=O) groups is 1. The summed E-state index contributed by atoms with van der Waals surface area (Å²) in [5.74, 6) is 0.497. The Morgan fingerprint density at radius 2 is 2.16 bits per heavy atom. The normalized spacial score (nSPS) is 20.1. The van der Waals surface area contributed by atoms with Gasteiger partial charge >= 0.3 is 0 Å². The van der Waals surface area contributed by atoms with Gasteiger partial charge in [-0.1, -0.05) is 12.1 Å². The van der Waals surface area contributed by atoms with E-state index < -0.39 is 10.0 Å². The van der Waals surface area contributed by atoms with Gasteiger partial charge in [0.1, 0.15) is 5.75 Å². The minimum atomic E-state index is -3.26. The van der Waals surface area contributed by atoms with Gasteiger partial charge in [-0.05, 0) is 44.4 Å². The average molecular weight is 368 g/mol. The Kier molecular flexibility index (Phi) is 6.46. The molecule has 1 fully saturated rings. The molecule has 1 amide bonds. The Morgan fingerprint density at radius 1 is 1.44 bits per heavy atom. The lowest BCUT2D eigenvalue weighted by molar-refractivity contribution is -0.138. The number of methoxy groups -OCH3 is 1. The summed E-state index contributed by atoms with van der Waals surface area (Å²) >= 11 is 0. The predicted octanol–water partition coefficient (Wildman–Crippen LogP) is 2.28. The Labute approximate surface area is 150 Å². The first-order valence-corrected chi connectivity index (χ1v) is 10.5. The lowest BCUT2D eigenvalue weighted by Gasteiger charge is -2.36. The van der Waals surface area contributed by atoms with Crippen LogP contribution in [0.25, 0.3) is 0 Å². The van der Waals surface area contributed by atoms with Crippen LogP contribution in [0.4, 0.5) is 0 Å². The molecule has 6 nitrogen and oxygen atoms in total. The average Bonchev–Trinajstić information content (AvgIpc) is 2.61. The molecule has 7 heteroatoms. The second kappa shape index (κ2) is 8.19. The van der Waals surface area contributed by atoms with Crippen molar-refractivity contribution in [1.82, 2.24) is 9.21 Å². The van der Waals surface area contributed by atoms with Gasteiger partial charge in [-0.3, -0.25) is 4.79 Å². The summed E-state index contributed by atoms with van der Waals surface area (Å²) in [6.45, 7) is 5.30. The fourth-order valence-corrected chi connectivity index (χ4v) is 4.29. The summed E-state index contributed by atoms with van der Waals surface area (Å²) in [5, 5.41) is 0. The smallest absolute Gasteiger partial charge is 0.227 e. The number of nitrogens with zero attached hydrogens (tertiary/aromatic N) is 2. The maximum Gasteiger partial charge on any atom is 0.227 e. The first-order valence-electron chi connectivity index (χ1n) is 8.67. The van der Waals surface area contributed by atoms with Crippen molar-refractivity contribution < 1.29 is 17.9 Å². The number of sulfonamides is 1. The van der Waals surface area contributed by atoms with Crippen LogP contribution < -0.4 is 4.74 Å². The minimum absolute atomic E-state index is 0.0196. The molecule has 1 aliphatic heterocycles. The predicted molar refractivity (Wildman–Crippen MR) is 97.9 cm³/mol. The quantitative estimate of drug-likeness (QED) is 0.773. The van der Waals surface area contributed by atoms with E-state index in [0.717, 1.165) is 17.7 Å². The number of piperidine rings is 1. The maximum atomic E-state index is 13.0. The Bertz CT molecular complexity index is 705. The number of ether oxygens (including phenoxy) is 1. The summed E-state index contributed by atoms with van der Waals surface area (Å²) < 4.78 is 30.3. The molecule has 140 valence electrons. The van der Waals surface area contributed by atoms with Crippen LogP contribution >= 0.6 is 0 Å². The van der Waals surface area contributed by atoms with Crippen molar-refractivity contribution in [2.75, 3.05) is 33.0 Å². The Morgan fingerprint density at radius 3 is 2.76 bits per heavy atom. The van der Waals surface area contributed by atoms with E-state index >= 15 is 0 Å². The zero-order valence-corrected chi connectivity index (χ0v) is 16.3. The molecule has 1 aliphatic rings. The number of hydrogen-bond donors (Lipinski definition) is 0. The Hall–Kier alpha value is -1.60. The molecule has 1 saturated heterocycles. The molecule has 25 heavy (non-hydrogen) atoms. The van der Waals surface area contributed by atoms with Gasteiger partial charge in [-0.2, -0.15) is 0 Å². The molecule has 0 aromatic heterocycles. The van der Waals surface area contributed by atoms with Crippen molar-refractivity contribution in [3.05, 3.63) is 29.8 Å². The van der Waals surface area contributed by atoms with Gasteiger partial charge in [0.15, 0.2) is 0 Å². The third-order valence-corrected chi connectivity index (χ3v) is 6.14. The van der Waals surface area contributed by atoms with Gasteiger partial charge in [-0.15, -0.1) is 0 Å². The zero-order chi connectivity index (χ0) is 18.6. The molecule has 2 unspecified atom stereocenters. The van der Waals surface area contributed by atoms with Crippen LogP contribution in [-0.2, 0) is 14.8 Å². The molecule has 2 atom stereocenters. The van der Waals surface area contributed by atoms with Gasteiger partial charge in [0.25, 0.3) is 0 Å². The van der Waals surface area contributed by atoms with Gasteiger partial charge in [0, 0.05) is 19.6 Å². The van der Waals surface area contributed by atoms with Crippen LogP contribution in [0, 0.1) is 5.92 Å². The highest BCUT2D eigenvalue weighted by Crippen LogP contribution is 2.28. The largest absolute Gasteiger partial charge is 0.497 e. The molecule has 1 aromatic rings. The summed E-state index contributed by atoms with van der Waals surface area (Å²) in [7, 11) is -1.64. The summed E-state index contributed by atoms with van der Waals surface area (Å²) in [4.78, 5) is 14.9. The number of amides is 1. The molecule has 1 aromatic carbocycles. The SMILES string of the molecule is CCN(C(=O)C1CCCN(S(C)(=O)=O)C1)C(C)c1cccc(OC)c1. The van der Waals surface area contributed by atoms with E-state index in [-0.39, 0.29) is 24.4 Å². The molecular weight excluding hydrogens is 340 g/mol. The molecule has 2 rings (SSSR count). The monoisotopic (exact) mass is 368 g/mol. The highest BCUT2D eigenvalue weighted by Gasteiger charge is 2.33. The van der Waals surface area contributed by atoms with Crippen molar-refractivity contribution >= 4 is 15.9 Å². The maximum absolute atomic E-state index is 13.0. The van der Waals surface area contributed by atoms with Crippen LogP contribution in [0.3, 0.4) is 0 Å². The third kappa shape index (κ3) is 4.73. The highest BCUT2D eigenvalue weighted by molar-refractivity contribution is 7.88. The van der Waals surface area contributed by atoms with Crippen molar-refractivity contribution in [3.8, 4) is 5.75 Å². The van der Waals surface area contributed by atoms with Gasteiger partial charge in [0.2, 0.25) is 15.9 Å². The van der Waals surface area contributed by atoms with Gasteiger partial charge in [0.05, 0.1) is 25.3 Å². The van der Waals surface area contributed by atoms with Crippen LogP contribution in [0.15, 0.2) is 24.3 Å². The van der Waals surface area contributed by atoms with Crippen LogP contribution in [0.5, 0.6) is 5.75 Å². The first kappa shape index (κ1) is 19.7. The second-order valence-corrected chi connectivity index (χ2v) is 8.52. The molecule has 1 heterocycles. The van der Waals surface area contributed by atoms with E-state index in [1.165, 1.54) is 10.6 Å². The summed E-state index contributed by atoms with van der Waals surface area (Å²) in [6, 6.07) is 7.60. The van der Waals surface area contributed by atoms with E-state index in [1.807, 2.05) is 43.0 Å². The fourth-order valence-electron chi connectivity index (χ4n) is 3.38. The molecule has 0 bridgehead atoms. The number of carbonyl (C=O) groups excluding carboxylic acids is 1. The number of hydrogen-bond acceptors (Lipinski definition) is 4. The van der Waals surface area contributed by atoms with E-state index in [4.69, 9.17) is 4.74 Å². The molecule has 0 N–H and O–H groups in total. The zero-order valence-electron chi connectivity index (χ0n) is 15.4. The second-order valence-electron chi connectivity index (χ2n) is 6.54. The molecule has 0 saturated carbocycles. The van der Waals surface area contributed by atoms with Gasteiger partial charge < -0.3 is 9.64 Å². The van der Waals surface area contributed by atoms with E-state index in [9.17, 15) is 13.2 Å². The molecule has 0 aliphatic carbocycles. The standard InChI is InChI=1S/C18H28N2O4S/c1-5-20(14(2)15-8-6-10-17(12-15)24-3)18(21)16-9-7-11-19(13-16)25(4,22)23/h6,8,10,12,14,16H,5,7,9,11,13H2,1-4H3. The van der Waals surface area contributed by atoms with E-state index in [1.54, 1.807) is 7.11 Å². The van der Waals surface area contributed by atoms with Crippen molar-refractivity contribution in [3.63, 3.8) is 0 Å². The lowest BCUT2D eigenvalue weighted by Crippen LogP contribution is -2.47. The van der Waals surface area contributed by atoms with Crippen molar-refractivity contribution in [2.24, 2.45) is 5.92 Å². The molecule has 0 spiro atoms. The third-order valence-electron chi connectivity index (χ3n) is 4.87. The van der Waals surface area contributed by atoms with E-state index in [2.05, 4.69) is 0 Å². The minimum Gasteiger partial charge on any atom is -0.497 e. The van der Waals surface area contributed by atoms with Crippen LogP contribution in [-0.4, -0.2) is 56.5 Å². The summed E-state index contributed by atoms with van der Waals surface area (Å²) in [6.07, 6.45) is 2.65.